The largest absolute Gasteiger partial charge is 0.260 e. The van der Waals surface area contributed by atoms with Crippen LogP contribution in [0.1, 0.15) is 12.6 Å². The van der Waals surface area contributed by atoms with E-state index in [1.54, 1.807) is 13.8 Å². The summed E-state index contributed by atoms with van der Waals surface area (Å²) in [4.78, 5) is 3.84. The lowest BCUT2D eigenvalue weighted by Crippen LogP contribution is -2.28. The number of nitrogens with zero attached hydrogens (tertiary/aromatic N) is 1. The monoisotopic (exact) mass is 316 g/mol. The lowest BCUT2D eigenvalue weighted by Gasteiger charge is -2.04. The number of hydrogen-bond acceptors (Lipinski definition) is 5. The number of nitrogens with one attached hydrogen (secondary N) is 1. The third-order valence-corrected chi connectivity index (χ3v) is 6.55. The summed E-state index contributed by atoms with van der Waals surface area (Å²) in [6.07, 6.45) is 0. The van der Waals surface area contributed by atoms with Gasteiger partial charge in [-0.2, -0.15) is 0 Å². The Morgan fingerprint density at radius 3 is 2.65 bits per heavy atom. The molecule has 0 aliphatic carbocycles. The van der Waals surface area contributed by atoms with E-state index in [0.29, 0.717) is 17.2 Å². The molecule has 0 radical (unpaired) electrons. The molecule has 1 rings (SSSR count). The Balaban J connectivity index is 2.70. The summed E-state index contributed by atoms with van der Waals surface area (Å²) in [7, 11) is -4.57. The van der Waals surface area contributed by atoms with E-state index in [0.717, 1.165) is 11.3 Å². The smallest absolute Gasteiger partial charge is 0.252 e. The van der Waals surface area contributed by atoms with Crippen LogP contribution in [0.4, 0.5) is 0 Å². The third kappa shape index (κ3) is 4.29. The Bertz CT molecular complexity index is 512. The minimum absolute atomic E-state index is 0.116. The van der Waals surface area contributed by atoms with Crippen LogP contribution in [0, 0.1) is 6.92 Å². The van der Waals surface area contributed by atoms with Gasteiger partial charge in [0.2, 0.25) is 0 Å². The first kappa shape index (κ1) is 15.0. The van der Waals surface area contributed by atoms with E-state index in [4.69, 9.17) is 11.6 Å². The van der Waals surface area contributed by atoms with Crippen LogP contribution in [0.3, 0.4) is 0 Å². The molecule has 0 spiro atoms. The van der Waals surface area contributed by atoms with Crippen LogP contribution >= 0.6 is 22.9 Å². The Morgan fingerprint density at radius 1 is 1.53 bits per heavy atom. The second kappa shape index (κ2) is 6.24. The van der Waals surface area contributed by atoms with E-state index in [2.05, 4.69) is 9.71 Å². The van der Waals surface area contributed by atoms with Crippen molar-refractivity contribution in [2.75, 3.05) is 18.1 Å². The van der Waals surface area contributed by atoms with E-state index < -0.39 is 20.8 Å². The van der Waals surface area contributed by atoms with Crippen molar-refractivity contribution >= 4 is 43.8 Å². The molecule has 0 aliphatic heterocycles. The van der Waals surface area contributed by atoms with Gasteiger partial charge in [0.15, 0.2) is 8.68 Å². The maximum absolute atomic E-state index is 11.8. The molecule has 0 bridgehead atoms. The van der Waals surface area contributed by atoms with Crippen molar-refractivity contribution in [3.05, 3.63) is 10.2 Å². The van der Waals surface area contributed by atoms with Gasteiger partial charge in [-0.15, -0.1) is 0 Å². The number of rotatable bonds is 6. The van der Waals surface area contributed by atoms with Gasteiger partial charge in [-0.25, -0.2) is 18.1 Å². The molecule has 98 valence electrons. The normalized spacial score (nSPS) is 13.8. The fourth-order valence-electron chi connectivity index (χ4n) is 1.10. The van der Waals surface area contributed by atoms with E-state index in [1.165, 1.54) is 0 Å². The van der Waals surface area contributed by atoms with Crippen molar-refractivity contribution in [2.45, 2.75) is 18.1 Å². The highest BCUT2D eigenvalue weighted by molar-refractivity contribution is 7.91. The topological polar surface area (TPSA) is 76.1 Å². The molecule has 9 heteroatoms. The van der Waals surface area contributed by atoms with Crippen LogP contribution < -0.4 is 4.72 Å². The highest BCUT2D eigenvalue weighted by atomic mass is 35.5. The SMILES string of the molecule is CCS(=O)CCNS(=O)(=O)c1sc(Cl)nc1C. The predicted octanol–water partition coefficient (Wildman–Crippen LogP) is 1.15. The molecule has 0 saturated heterocycles. The number of sulfonamides is 1. The maximum Gasteiger partial charge on any atom is 0.252 e. The number of aryl methyl sites for hydroxylation is 1. The zero-order chi connectivity index (χ0) is 13.1. The van der Waals surface area contributed by atoms with Gasteiger partial charge >= 0.3 is 0 Å². The number of thiazole rings is 1. The number of aromatic nitrogens is 1. The summed E-state index contributed by atoms with van der Waals surface area (Å²) in [5.74, 6) is 0.828. The Kier molecular flexibility index (Phi) is 5.52. The second-order valence-corrected chi connectivity index (χ2v) is 8.58. The lowest BCUT2D eigenvalue weighted by atomic mass is 10.6. The minimum atomic E-state index is -3.59. The van der Waals surface area contributed by atoms with Gasteiger partial charge in [0.05, 0.1) is 5.69 Å². The average Bonchev–Trinajstić information content (AvgIpc) is 2.58. The molecule has 0 saturated carbocycles. The highest BCUT2D eigenvalue weighted by Crippen LogP contribution is 2.26. The van der Waals surface area contributed by atoms with Crippen LogP contribution in [-0.4, -0.2) is 35.7 Å². The summed E-state index contributed by atoms with van der Waals surface area (Å²) in [5, 5.41) is 0. The van der Waals surface area contributed by atoms with Gasteiger partial charge in [-0.1, -0.05) is 29.9 Å². The molecular formula is C8H13ClN2O3S3. The average molecular weight is 317 g/mol. The molecule has 17 heavy (non-hydrogen) atoms. The lowest BCUT2D eigenvalue weighted by molar-refractivity contribution is 0.585. The zero-order valence-electron chi connectivity index (χ0n) is 9.40. The summed E-state index contributed by atoms with van der Waals surface area (Å²) in [6.45, 7) is 3.52. The van der Waals surface area contributed by atoms with Crippen LogP contribution in [-0.2, 0) is 20.8 Å². The maximum atomic E-state index is 11.8. The van der Waals surface area contributed by atoms with E-state index in [1.807, 2.05) is 0 Å². The van der Waals surface area contributed by atoms with Crippen LogP contribution in [0.2, 0.25) is 4.47 Å². The zero-order valence-corrected chi connectivity index (χ0v) is 12.6. The van der Waals surface area contributed by atoms with Crippen molar-refractivity contribution in [3.63, 3.8) is 0 Å². The van der Waals surface area contributed by atoms with Crippen LogP contribution in [0.25, 0.3) is 0 Å². The van der Waals surface area contributed by atoms with Crippen molar-refractivity contribution in [2.24, 2.45) is 0 Å². The Morgan fingerprint density at radius 2 is 2.18 bits per heavy atom. The molecule has 0 fully saturated rings. The van der Waals surface area contributed by atoms with Crippen molar-refractivity contribution in [3.8, 4) is 0 Å². The molecular weight excluding hydrogens is 304 g/mol. The molecule has 0 aliphatic rings. The summed E-state index contributed by atoms with van der Waals surface area (Å²) in [6, 6.07) is 0. The first-order valence-corrected chi connectivity index (χ1v) is 9.01. The molecule has 5 nitrogen and oxygen atoms in total. The second-order valence-electron chi connectivity index (χ2n) is 3.17. The Labute approximate surface area is 112 Å². The van der Waals surface area contributed by atoms with E-state index >= 15 is 0 Å². The number of halogens is 1. The molecule has 1 aromatic heterocycles. The van der Waals surface area contributed by atoms with Gasteiger partial charge in [0.25, 0.3) is 10.0 Å². The Hall–Kier alpha value is -0.0200. The summed E-state index contributed by atoms with van der Waals surface area (Å²) in [5.41, 5.74) is 0.379. The van der Waals surface area contributed by atoms with Crippen molar-refractivity contribution in [1.82, 2.24) is 9.71 Å². The van der Waals surface area contributed by atoms with Gasteiger partial charge < -0.3 is 0 Å². The minimum Gasteiger partial charge on any atom is -0.260 e. The van der Waals surface area contributed by atoms with Crippen LogP contribution in [0.15, 0.2) is 4.21 Å². The van der Waals surface area contributed by atoms with Gasteiger partial charge in [-0.3, -0.25) is 4.21 Å². The molecule has 1 unspecified atom stereocenters. The quantitative estimate of drug-likeness (QED) is 0.854. The molecule has 1 aromatic rings. The van der Waals surface area contributed by atoms with Crippen molar-refractivity contribution < 1.29 is 12.6 Å². The molecule has 0 amide bonds. The number of hydrogen-bond donors (Lipinski definition) is 1. The van der Waals surface area contributed by atoms with Gasteiger partial charge in [0.1, 0.15) is 0 Å². The third-order valence-electron chi connectivity index (χ3n) is 1.92. The summed E-state index contributed by atoms with van der Waals surface area (Å²) < 4.78 is 37.5. The molecule has 0 aromatic carbocycles. The van der Waals surface area contributed by atoms with Crippen LogP contribution in [0.5, 0.6) is 0 Å². The predicted molar refractivity (Wildman–Crippen MR) is 70.6 cm³/mol. The van der Waals surface area contributed by atoms with Gasteiger partial charge in [-0.05, 0) is 6.92 Å². The highest BCUT2D eigenvalue weighted by Gasteiger charge is 2.20. The molecule has 1 heterocycles. The standard InChI is InChI=1S/C8H13ClN2O3S3/c1-3-16(12)5-4-10-17(13,14)7-6(2)11-8(9)15-7/h10H,3-5H2,1-2H3. The van der Waals surface area contributed by atoms with E-state index in [-0.39, 0.29) is 15.2 Å². The van der Waals surface area contributed by atoms with Gasteiger partial charge in [0, 0.05) is 28.9 Å². The molecule has 1 N–H and O–H groups in total. The fraction of sp³-hybridized carbons (Fsp3) is 0.625. The summed E-state index contributed by atoms with van der Waals surface area (Å²) >= 11 is 6.56. The fourth-order valence-corrected chi connectivity index (χ4v) is 4.66. The van der Waals surface area contributed by atoms with E-state index in [9.17, 15) is 12.6 Å². The molecule has 1 atom stereocenters. The first-order valence-electron chi connectivity index (χ1n) is 4.84. The van der Waals surface area contributed by atoms with Crippen molar-refractivity contribution in [1.29, 1.82) is 0 Å². The first-order chi connectivity index (χ1) is 7.86.